The molecule has 1 unspecified atom stereocenters. The molecule has 0 aromatic carbocycles. The summed E-state index contributed by atoms with van der Waals surface area (Å²) in [5.74, 6) is 1.36. The van der Waals surface area contributed by atoms with Gasteiger partial charge in [0.1, 0.15) is 11.5 Å². The average Bonchev–Trinajstić information content (AvgIpc) is 2.74. The van der Waals surface area contributed by atoms with Gasteiger partial charge in [-0.15, -0.1) is 11.3 Å². The van der Waals surface area contributed by atoms with Crippen LogP contribution in [-0.4, -0.2) is 10.1 Å². The minimum absolute atomic E-state index is 0.562. The van der Waals surface area contributed by atoms with Gasteiger partial charge in [0.2, 0.25) is 0 Å². The Hall–Kier alpha value is -1.13. The molecule has 1 atom stereocenters. The van der Waals surface area contributed by atoms with Crippen LogP contribution in [0.15, 0.2) is 22.1 Å². The van der Waals surface area contributed by atoms with E-state index < -0.39 is 5.60 Å². The topological polar surface area (TPSA) is 46.3 Å². The van der Waals surface area contributed by atoms with Gasteiger partial charge in [-0.05, 0) is 32.9 Å². The molecule has 80 valence electrons. The zero-order valence-corrected chi connectivity index (χ0v) is 9.76. The molecule has 2 aromatic heterocycles. The fraction of sp³-hybridized carbons (Fsp3) is 0.364. The summed E-state index contributed by atoms with van der Waals surface area (Å²) in [6.07, 6.45) is 0. The molecule has 0 aliphatic carbocycles. The molecule has 4 heteroatoms. The maximum Gasteiger partial charge on any atom is 0.155 e. The number of aliphatic hydroxyl groups is 1. The molecule has 0 saturated carbocycles. The van der Waals surface area contributed by atoms with Crippen molar-refractivity contribution in [3.8, 4) is 0 Å². The largest absolute Gasteiger partial charge is 0.463 e. The van der Waals surface area contributed by atoms with Crippen LogP contribution in [0.2, 0.25) is 0 Å². The number of aromatic nitrogens is 1. The van der Waals surface area contributed by atoms with E-state index in [9.17, 15) is 5.11 Å². The molecule has 0 fully saturated rings. The van der Waals surface area contributed by atoms with Gasteiger partial charge in [-0.1, -0.05) is 0 Å². The summed E-state index contributed by atoms with van der Waals surface area (Å²) >= 11 is 1.44. The van der Waals surface area contributed by atoms with Crippen LogP contribution in [-0.2, 0) is 5.60 Å². The molecule has 0 radical (unpaired) electrons. The van der Waals surface area contributed by atoms with E-state index in [2.05, 4.69) is 4.98 Å². The van der Waals surface area contributed by atoms with Gasteiger partial charge in [0.15, 0.2) is 5.60 Å². The van der Waals surface area contributed by atoms with Crippen molar-refractivity contribution in [2.75, 3.05) is 0 Å². The van der Waals surface area contributed by atoms with Gasteiger partial charge in [0, 0.05) is 0 Å². The molecule has 15 heavy (non-hydrogen) atoms. The van der Waals surface area contributed by atoms with Crippen LogP contribution in [0.25, 0.3) is 0 Å². The summed E-state index contributed by atoms with van der Waals surface area (Å²) in [5.41, 5.74) is 1.49. The monoisotopic (exact) mass is 223 g/mol. The number of aryl methyl sites for hydroxylation is 2. The minimum atomic E-state index is -1.08. The Kier molecular flexibility index (Phi) is 2.40. The van der Waals surface area contributed by atoms with Crippen molar-refractivity contribution in [3.63, 3.8) is 0 Å². The van der Waals surface area contributed by atoms with Crippen molar-refractivity contribution in [1.29, 1.82) is 0 Å². The quantitative estimate of drug-likeness (QED) is 0.851. The lowest BCUT2D eigenvalue weighted by molar-refractivity contribution is 0.0786. The highest BCUT2D eigenvalue weighted by Gasteiger charge is 2.32. The Balaban J connectivity index is 2.47. The lowest BCUT2D eigenvalue weighted by atomic mass is 10.0. The van der Waals surface area contributed by atoms with Gasteiger partial charge < -0.3 is 9.52 Å². The molecule has 0 spiro atoms. The minimum Gasteiger partial charge on any atom is -0.463 e. The molecule has 1 N–H and O–H groups in total. The van der Waals surface area contributed by atoms with Gasteiger partial charge in [-0.25, -0.2) is 4.98 Å². The van der Waals surface area contributed by atoms with Crippen molar-refractivity contribution in [2.24, 2.45) is 0 Å². The third kappa shape index (κ3) is 1.70. The Labute approximate surface area is 92.4 Å². The van der Waals surface area contributed by atoms with Crippen LogP contribution in [0.4, 0.5) is 0 Å². The van der Waals surface area contributed by atoms with Gasteiger partial charge in [-0.2, -0.15) is 0 Å². The van der Waals surface area contributed by atoms with Crippen LogP contribution in [0.5, 0.6) is 0 Å². The number of thiazole rings is 1. The predicted octanol–water partition coefficient (Wildman–Crippen LogP) is 2.61. The third-order valence-electron chi connectivity index (χ3n) is 2.41. The van der Waals surface area contributed by atoms with E-state index in [-0.39, 0.29) is 0 Å². The van der Waals surface area contributed by atoms with Crippen molar-refractivity contribution in [3.05, 3.63) is 39.7 Å². The number of hydrogen-bond acceptors (Lipinski definition) is 4. The summed E-state index contributed by atoms with van der Waals surface area (Å²) in [6, 6.07) is 3.65. The normalized spacial score (nSPS) is 15.2. The first-order valence-corrected chi connectivity index (χ1v) is 5.59. The van der Waals surface area contributed by atoms with Crippen molar-refractivity contribution < 1.29 is 9.52 Å². The van der Waals surface area contributed by atoms with Crippen molar-refractivity contribution >= 4 is 11.3 Å². The second kappa shape index (κ2) is 3.47. The summed E-state index contributed by atoms with van der Waals surface area (Å²) in [6.45, 7) is 5.47. The highest BCUT2D eigenvalue weighted by atomic mass is 32.1. The van der Waals surface area contributed by atoms with E-state index >= 15 is 0 Å². The summed E-state index contributed by atoms with van der Waals surface area (Å²) in [4.78, 5) is 4.96. The third-order valence-corrected chi connectivity index (χ3v) is 3.55. The second-order valence-corrected chi connectivity index (χ2v) is 4.60. The summed E-state index contributed by atoms with van der Waals surface area (Å²) in [7, 11) is 0. The first-order chi connectivity index (χ1) is 7.01. The molecule has 0 saturated heterocycles. The first kappa shape index (κ1) is 10.4. The zero-order chi connectivity index (χ0) is 11.1. The van der Waals surface area contributed by atoms with E-state index in [1.54, 1.807) is 18.5 Å². The molecule has 3 nitrogen and oxygen atoms in total. The maximum atomic E-state index is 10.4. The Morgan fingerprint density at radius 1 is 1.40 bits per heavy atom. The highest BCUT2D eigenvalue weighted by Crippen LogP contribution is 2.34. The van der Waals surface area contributed by atoms with Gasteiger partial charge in [0.05, 0.1) is 16.1 Å². The number of rotatable bonds is 2. The van der Waals surface area contributed by atoms with Gasteiger partial charge in [-0.3, -0.25) is 0 Å². The van der Waals surface area contributed by atoms with Crippen LogP contribution in [0.3, 0.4) is 0 Å². The highest BCUT2D eigenvalue weighted by molar-refractivity contribution is 7.09. The second-order valence-electron chi connectivity index (χ2n) is 3.75. The van der Waals surface area contributed by atoms with Gasteiger partial charge in [0.25, 0.3) is 0 Å². The number of furan rings is 1. The molecule has 2 rings (SSSR count). The predicted molar refractivity (Wildman–Crippen MR) is 59.0 cm³/mol. The summed E-state index contributed by atoms with van der Waals surface area (Å²) in [5, 5.41) is 10.4. The van der Waals surface area contributed by atoms with Gasteiger partial charge >= 0.3 is 0 Å². The van der Waals surface area contributed by atoms with E-state index in [1.807, 2.05) is 19.9 Å². The summed E-state index contributed by atoms with van der Waals surface area (Å²) < 4.78 is 5.46. The van der Waals surface area contributed by atoms with Crippen molar-refractivity contribution in [2.45, 2.75) is 26.4 Å². The number of hydrogen-bond donors (Lipinski definition) is 1. The fourth-order valence-electron chi connectivity index (χ4n) is 1.58. The molecule has 2 aromatic rings. The smallest absolute Gasteiger partial charge is 0.155 e. The molecule has 0 amide bonds. The van der Waals surface area contributed by atoms with E-state index in [1.165, 1.54) is 11.3 Å². The van der Waals surface area contributed by atoms with E-state index in [0.717, 1.165) is 16.3 Å². The number of nitrogens with zero attached hydrogens (tertiary/aromatic N) is 1. The maximum absolute atomic E-state index is 10.4. The molecule has 0 aliphatic heterocycles. The molecule has 2 heterocycles. The Bertz CT molecular complexity index is 470. The van der Waals surface area contributed by atoms with E-state index in [0.29, 0.717) is 5.76 Å². The zero-order valence-electron chi connectivity index (χ0n) is 8.94. The lowest BCUT2D eigenvalue weighted by Crippen LogP contribution is -2.21. The first-order valence-electron chi connectivity index (χ1n) is 4.71. The molecule has 0 bridgehead atoms. The lowest BCUT2D eigenvalue weighted by Gasteiger charge is -2.19. The van der Waals surface area contributed by atoms with Crippen LogP contribution < -0.4 is 0 Å². The van der Waals surface area contributed by atoms with Crippen LogP contribution >= 0.6 is 11.3 Å². The average molecular weight is 223 g/mol. The van der Waals surface area contributed by atoms with Crippen LogP contribution in [0.1, 0.15) is 29.0 Å². The fourth-order valence-corrected chi connectivity index (χ4v) is 2.45. The van der Waals surface area contributed by atoms with Crippen molar-refractivity contribution in [1.82, 2.24) is 4.98 Å². The SMILES string of the molecule is Cc1ccc(C(C)(O)c2scnc2C)o1. The van der Waals surface area contributed by atoms with E-state index in [4.69, 9.17) is 4.42 Å². The molecular weight excluding hydrogens is 210 g/mol. The van der Waals surface area contributed by atoms with Crippen LogP contribution in [0, 0.1) is 13.8 Å². The molecular formula is C11H13NO2S. The molecule has 0 aliphatic rings. The Morgan fingerprint density at radius 3 is 2.60 bits per heavy atom. The Morgan fingerprint density at radius 2 is 2.13 bits per heavy atom. The standard InChI is InChI=1S/C11H13NO2S/c1-7-4-5-9(14-7)11(3,13)10-8(2)12-6-15-10/h4-6,13H,1-3H3.